The Morgan fingerprint density at radius 1 is 1.08 bits per heavy atom. The molecule has 1 heterocycles. The van der Waals surface area contributed by atoms with Crippen LogP contribution in [0.5, 0.6) is 11.5 Å². The molecule has 0 aliphatic rings. The molecule has 1 N–H and O–H groups in total. The Bertz CT molecular complexity index is 1230. The van der Waals surface area contributed by atoms with Gasteiger partial charge in [0.2, 0.25) is 11.7 Å². The van der Waals surface area contributed by atoms with Crippen LogP contribution < -0.4 is 19.7 Å². The molecular formula is C27H35FN6O4. The van der Waals surface area contributed by atoms with Gasteiger partial charge in [0.15, 0.2) is 11.5 Å². The number of hydrogen-bond acceptors (Lipinski definition) is 7. The zero-order valence-corrected chi connectivity index (χ0v) is 22.5. The minimum atomic E-state index is -0.824. The molecule has 0 saturated heterocycles. The maximum atomic E-state index is 14.2. The van der Waals surface area contributed by atoms with Gasteiger partial charge in [-0.05, 0) is 60.4 Å². The number of carbonyl (C=O) groups excluding carboxylic acids is 2. The average molecular weight is 527 g/mol. The lowest BCUT2D eigenvalue weighted by atomic mass is 10.1. The van der Waals surface area contributed by atoms with E-state index in [9.17, 15) is 14.0 Å². The first-order valence-electron chi connectivity index (χ1n) is 12.6. The number of amides is 2. The number of aromatic nitrogens is 4. The van der Waals surface area contributed by atoms with Gasteiger partial charge in [-0.2, -0.15) is 4.80 Å². The van der Waals surface area contributed by atoms with Gasteiger partial charge in [0.05, 0.1) is 14.2 Å². The molecule has 2 aromatic carbocycles. The van der Waals surface area contributed by atoms with Crippen LogP contribution in [0.1, 0.15) is 40.0 Å². The van der Waals surface area contributed by atoms with E-state index in [0.717, 1.165) is 11.2 Å². The van der Waals surface area contributed by atoms with Crippen LogP contribution in [0, 0.1) is 11.7 Å². The summed E-state index contributed by atoms with van der Waals surface area (Å²) in [5.41, 5.74) is 0.907. The molecule has 0 aliphatic carbocycles. The fourth-order valence-electron chi connectivity index (χ4n) is 3.97. The first-order valence-corrected chi connectivity index (χ1v) is 12.6. The van der Waals surface area contributed by atoms with E-state index in [2.05, 4.69) is 34.6 Å². The number of carbonyl (C=O) groups is 2. The molecule has 0 fully saturated rings. The second-order valence-electron chi connectivity index (χ2n) is 9.23. The molecular weight excluding hydrogens is 491 g/mol. The fourth-order valence-corrected chi connectivity index (χ4v) is 3.97. The molecule has 0 spiro atoms. The Morgan fingerprint density at radius 3 is 2.50 bits per heavy atom. The van der Waals surface area contributed by atoms with Gasteiger partial charge in [-0.1, -0.05) is 33.3 Å². The number of nitrogens with one attached hydrogen (secondary N) is 1. The number of anilines is 1. The van der Waals surface area contributed by atoms with Gasteiger partial charge in [-0.25, -0.2) is 4.39 Å². The van der Waals surface area contributed by atoms with Crippen molar-refractivity contribution in [3.63, 3.8) is 0 Å². The number of rotatable bonds is 13. The van der Waals surface area contributed by atoms with E-state index in [4.69, 9.17) is 9.47 Å². The number of tetrazole rings is 1. The fraction of sp³-hybridized carbons (Fsp3) is 0.444. The summed E-state index contributed by atoms with van der Waals surface area (Å²) >= 11 is 0. The van der Waals surface area contributed by atoms with Gasteiger partial charge in [0.1, 0.15) is 18.4 Å². The number of halogens is 1. The quantitative estimate of drug-likeness (QED) is 0.360. The van der Waals surface area contributed by atoms with Crippen molar-refractivity contribution in [2.45, 2.75) is 52.6 Å². The summed E-state index contributed by atoms with van der Waals surface area (Å²) in [6, 6.07) is 10.0. The van der Waals surface area contributed by atoms with Crippen LogP contribution in [0.3, 0.4) is 0 Å². The second kappa shape index (κ2) is 13.5. The van der Waals surface area contributed by atoms with Crippen LogP contribution in [0.2, 0.25) is 0 Å². The van der Waals surface area contributed by atoms with Crippen LogP contribution in [-0.2, 0) is 16.1 Å². The average Bonchev–Trinajstić information content (AvgIpc) is 3.36. The zero-order chi connectivity index (χ0) is 27.7. The summed E-state index contributed by atoms with van der Waals surface area (Å²) in [7, 11) is 3.07. The SMILES string of the molecule is CCC[C@@H](C(=O)NCCC(C)C)N(C(=O)Cn1nnc(-c2ccc(OC)c(OC)c2)n1)c1cccc(F)c1. The second-order valence-corrected chi connectivity index (χ2v) is 9.23. The van der Waals surface area contributed by atoms with Crippen molar-refractivity contribution in [1.82, 2.24) is 25.5 Å². The lowest BCUT2D eigenvalue weighted by Crippen LogP contribution is -2.51. The molecule has 0 radical (unpaired) electrons. The van der Waals surface area contributed by atoms with Gasteiger partial charge in [0, 0.05) is 17.8 Å². The third kappa shape index (κ3) is 7.27. The Hall–Kier alpha value is -4.02. The predicted octanol–water partition coefficient (Wildman–Crippen LogP) is 3.86. The van der Waals surface area contributed by atoms with Crippen LogP contribution in [0.25, 0.3) is 11.4 Å². The topological polar surface area (TPSA) is 111 Å². The highest BCUT2D eigenvalue weighted by Gasteiger charge is 2.31. The third-order valence-corrected chi connectivity index (χ3v) is 5.92. The summed E-state index contributed by atoms with van der Waals surface area (Å²) in [6.07, 6.45) is 1.85. The Labute approximate surface area is 222 Å². The monoisotopic (exact) mass is 526 g/mol. The highest BCUT2D eigenvalue weighted by Crippen LogP contribution is 2.30. The van der Waals surface area contributed by atoms with Crippen molar-refractivity contribution in [2.24, 2.45) is 5.92 Å². The van der Waals surface area contributed by atoms with E-state index in [-0.39, 0.29) is 24.0 Å². The zero-order valence-electron chi connectivity index (χ0n) is 22.5. The maximum Gasteiger partial charge on any atom is 0.251 e. The molecule has 1 aromatic heterocycles. The lowest BCUT2D eigenvalue weighted by molar-refractivity contribution is -0.127. The maximum absolute atomic E-state index is 14.2. The summed E-state index contributed by atoms with van der Waals surface area (Å²) in [6.45, 7) is 6.26. The number of methoxy groups -OCH3 is 2. The molecule has 0 bridgehead atoms. The van der Waals surface area contributed by atoms with Gasteiger partial charge in [0.25, 0.3) is 5.91 Å². The highest BCUT2D eigenvalue weighted by atomic mass is 19.1. The molecule has 0 saturated carbocycles. The Balaban J connectivity index is 1.88. The molecule has 10 nitrogen and oxygen atoms in total. The first-order chi connectivity index (χ1) is 18.3. The molecule has 204 valence electrons. The number of benzene rings is 2. The van der Waals surface area contributed by atoms with Gasteiger partial charge < -0.3 is 14.8 Å². The van der Waals surface area contributed by atoms with E-state index in [1.165, 1.54) is 30.2 Å². The summed E-state index contributed by atoms with van der Waals surface area (Å²) in [4.78, 5) is 29.3. The van der Waals surface area contributed by atoms with E-state index in [1.54, 1.807) is 31.4 Å². The Morgan fingerprint density at radius 2 is 1.84 bits per heavy atom. The molecule has 0 unspecified atom stereocenters. The first kappa shape index (κ1) is 28.5. The van der Waals surface area contributed by atoms with E-state index in [1.807, 2.05) is 6.92 Å². The Kier molecular flexibility index (Phi) is 10.1. The normalized spacial score (nSPS) is 11.8. The molecule has 3 aromatic rings. The molecule has 0 aliphatic heterocycles. The summed E-state index contributed by atoms with van der Waals surface area (Å²) < 4.78 is 24.8. The summed E-state index contributed by atoms with van der Waals surface area (Å²) in [5, 5.41) is 15.4. The third-order valence-electron chi connectivity index (χ3n) is 5.92. The van der Waals surface area contributed by atoms with Crippen molar-refractivity contribution in [2.75, 3.05) is 25.7 Å². The lowest BCUT2D eigenvalue weighted by Gasteiger charge is -2.31. The van der Waals surface area contributed by atoms with Crippen LogP contribution in [0.15, 0.2) is 42.5 Å². The van der Waals surface area contributed by atoms with E-state index >= 15 is 0 Å². The molecule has 1 atom stereocenters. The van der Waals surface area contributed by atoms with Crippen LogP contribution in [-0.4, -0.2) is 58.8 Å². The number of hydrogen-bond donors (Lipinski definition) is 1. The van der Waals surface area contributed by atoms with Crippen molar-refractivity contribution in [3.05, 3.63) is 48.3 Å². The molecule has 2 amide bonds. The van der Waals surface area contributed by atoms with Crippen molar-refractivity contribution < 1.29 is 23.5 Å². The molecule has 3 rings (SSSR count). The standard InChI is InChI=1S/C27H35FN6O4/c1-6-8-22(27(36)29-14-13-18(2)3)34(21-10-7-9-20(28)16-21)25(35)17-33-31-26(30-32-33)19-11-12-23(37-4)24(15-19)38-5/h7,9-12,15-16,18,22H,6,8,13-14,17H2,1-5H3,(H,29,36)/t22-/m0/s1. The van der Waals surface area contributed by atoms with Crippen molar-refractivity contribution >= 4 is 17.5 Å². The van der Waals surface area contributed by atoms with Crippen molar-refractivity contribution in [1.29, 1.82) is 0 Å². The predicted molar refractivity (Wildman–Crippen MR) is 141 cm³/mol. The van der Waals surface area contributed by atoms with Crippen LogP contribution >= 0.6 is 0 Å². The smallest absolute Gasteiger partial charge is 0.251 e. The molecule has 38 heavy (non-hydrogen) atoms. The van der Waals surface area contributed by atoms with E-state index in [0.29, 0.717) is 42.4 Å². The van der Waals surface area contributed by atoms with Gasteiger partial charge in [-0.15, -0.1) is 10.2 Å². The van der Waals surface area contributed by atoms with Crippen LogP contribution in [0.4, 0.5) is 10.1 Å². The van der Waals surface area contributed by atoms with Gasteiger partial charge >= 0.3 is 0 Å². The highest BCUT2D eigenvalue weighted by molar-refractivity contribution is 6.00. The summed E-state index contributed by atoms with van der Waals surface area (Å²) in [5.74, 6) is 0.489. The number of nitrogens with zero attached hydrogens (tertiary/aromatic N) is 5. The minimum absolute atomic E-state index is 0.285. The van der Waals surface area contributed by atoms with Crippen molar-refractivity contribution in [3.8, 4) is 22.9 Å². The number of ether oxygens (including phenoxy) is 2. The van der Waals surface area contributed by atoms with Gasteiger partial charge in [-0.3, -0.25) is 14.5 Å². The molecule has 11 heteroatoms. The minimum Gasteiger partial charge on any atom is -0.493 e. The largest absolute Gasteiger partial charge is 0.493 e. The van der Waals surface area contributed by atoms with E-state index < -0.39 is 17.8 Å².